The number of nitrogens with one attached hydrogen (secondary N) is 1. The van der Waals surface area contributed by atoms with Crippen LogP contribution in [0.5, 0.6) is 0 Å². The van der Waals surface area contributed by atoms with Crippen LogP contribution in [0.4, 0.5) is 0 Å². The Bertz CT molecular complexity index is 131. The average molecular weight is 258 g/mol. The average Bonchev–Trinajstić information content (AvgIpc) is 2.48. The van der Waals surface area contributed by atoms with E-state index >= 15 is 0 Å². The third-order valence-electron chi connectivity index (χ3n) is 3.13. The van der Waals surface area contributed by atoms with E-state index in [1.807, 2.05) is 27.7 Å². The molecule has 0 bridgehead atoms. The number of nitrogens with zero attached hydrogens (tertiary/aromatic N) is 1. The number of unbranched alkanes of at least 4 members (excludes halogenated alkanes) is 1. The van der Waals surface area contributed by atoms with Crippen LogP contribution in [-0.2, 0) is 0 Å². The van der Waals surface area contributed by atoms with Crippen LogP contribution in [0.1, 0.15) is 73.6 Å². The van der Waals surface area contributed by atoms with Crippen LogP contribution in [0.15, 0.2) is 0 Å². The van der Waals surface area contributed by atoms with E-state index in [-0.39, 0.29) is 0 Å². The lowest BCUT2D eigenvalue weighted by molar-refractivity contribution is 0.160. The van der Waals surface area contributed by atoms with Gasteiger partial charge in [-0.15, -0.1) is 0 Å². The van der Waals surface area contributed by atoms with Crippen molar-refractivity contribution in [2.75, 3.05) is 26.2 Å². The molecule has 1 heterocycles. The molecule has 1 aliphatic rings. The third-order valence-corrected chi connectivity index (χ3v) is 3.13. The molecule has 0 aromatic carbocycles. The molecule has 2 heteroatoms. The van der Waals surface area contributed by atoms with Gasteiger partial charge >= 0.3 is 0 Å². The smallest absolute Gasteiger partial charge is 0.0119 e. The molecule has 0 aromatic heterocycles. The van der Waals surface area contributed by atoms with Gasteiger partial charge in [0.2, 0.25) is 0 Å². The molecule has 1 N–H and O–H groups in total. The Kier molecular flexibility index (Phi) is 19.0. The van der Waals surface area contributed by atoms with Crippen molar-refractivity contribution < 1.29 is 0 Å². The zero-order chi connectivity index (χ0) is 14.2. The maximum atomic E-state index is 3.44. The van der Waals surface area contributed by atoms with Crippen molar-refractivity contribution in [2.24, 2.45) is 0 Å². The fraction of sp³-hybridized carbons (Fsp3) is 1.00. The van der Waals surface area contributed by atoms with Crippen LogP contribution in [0.2, 0.25) is 0 Å². The molecular formula is C16H38N2. The first kappa shape index (κ1) is 20.2. The Morgan fingerprint density at radius 2 is 1.44 bits per heavy atom. The van der Waals surface area contributed by atoms with Crippen molar-refractivity contribution >= 4 is 0 Å². The largest absolute Gasteiger partial charge is 0.317 e. The molecule has 0 saturated carbocycles. The number of hydrogen-bond donors (Lipinski definition) is 1. The second-order valence-corrected chi connectivity index (χ2v) is 4.37. The quantitative estimate of drug-likeness (QED) is 0.764. The maximum absolute atomic E-state index is 3.44. The Hall–Kier alpha value is -0.0800. The monoisotopic (exact) mass is 258 g/mol. The van der Waals surface area contributed by atoms with Crippen LogP contribution >= 0.6 is 0 Å². The van der Waals surface area contributed by atoms with Crippen molar-refractivity contribution in [3.8, 4) is 0 Å². The van der Waals surface area contributed by atoms with E-state index in [4.69, 9.17) is 0 Å². The van der Waals surface area contributed by atoms with E-state index < -0.39 is 0 Å². The lowest BCUT2D eigenvalue weighted by atomic mass is 10.0. The predicted octanol–water partition coefficient (Wildman–Crippen LogP) is 4.30. The molecule has 0 radical (unpaired) electrons. The SMILES string of the molecule is CC.CC.CCCCN(CCC)C1CCNCC1. The summed E-state index contributed by atoms with van der Waals surface area (Å²) < 4.78 is 0. The third kappa shape index (κ3) is 9.90. The number of rotatable bonds is 6. The van der Waals surface area contributed by atoms with Gasteiger partial charge in [-0.05, 0) is 51.9 Å². The molecule has 1 rings (SSSR count). The highest BCUT2D eigenvalue weighted by molar-refractivity contribution is 4.77. The Labute approximate surface area is 117 Å². The van der Waals surface area contributed by atoms with Crippen LogP contribution in [0, 0.1) is 0 Å². The maximum Gasteiger partial charge on any atom is 0.0119 e. The topological polar surface area (TPSA) is 15.3 Å². The van der Waals surface area contributed by atoms with E-state index in [9.17, 15) is 0 Å². The molecule has 0 amide bonds. The Morgan fingerprint density at radius 3 is 1.89 bits per heavy atom. The molecule has 0 aliphatic carbocycles. The van der Waals surface area contributed by atoms with Crippen LogP contribution in [0.25, 0.3) is 0 Å². The van der Waals surface area contributed by atoms with Gasteiger partial charge in [-0.25, -0.2) is 0 Å². The van der Waals surface area contributed by atoms with Gasteiger partial charge in [-0.1, -0.05) is 48.0 Å². The van der Waals surface area contributed by atoms with Crippen molar-refractivity contribution in [1.29, 1.82) is 0 Å². The molecule has 0 atom stereocenters. The molecular weight excluding hydrogens is 220 g/mol. The summed E-state index contributed by atoms with van der Waals surface area (Å²) in [7, 11) is 0. The van der Waals surface area contributed by atoms with Crippen molar-refractivity contribution in [3.05, 3.63) is 0 Å². The molecule has 0 aromatic rings. The fourth-order valence-corrected chi connectivity index (χ4v) is 2.30. The fourth-order valence-electron chi connectivity index (χ4n) is 2.30. The van der Waals surface area contributed by atoms with E-state index in [2.05, 4.69) is 24.1 Å². The van der Waals surface area contributed by atoms with Crippen LogP contribution in [-0.4, -0.2) is 37.1 Å². The summed E-state index contributed by atoms with van der Waals surface area (Å²) in [6.45, 7) is 17.6. The highest BCUT2D eigenvalue weighted by Crippen LogP contribution is 2.13. The number of hydrogen-bond acceptors (Lipinski definition) is 2. The first-order valence-corrected chi connectivity index (χ1v) is 8.33. The van der Waals surface area contributed by atoms with Crippen LogP contribution < -0.4 is 5.32 Å². The van der Waals surface area contributed by atoms with Gasteiger partial charge in [0.25, 0.3) is 0 Å². The predicted molar refractivity (Wildman–Crippen MR) is 85.4 cm³/mol. The molecule has 112 valence electrons. The molecule has 0 unspecified atom stereocenters. The van der Waals surface area contributed by atoms with Gasteiger partial charge in [0, 0.05) is 6.04 Å². The molecule has 0 spiro atoms. The van der Waals surface area contributed by atoms with Gasteiger partial charge in [-0.2, -0.15) is 0 Å². The van der Waals surface area contributed by atoms with Gasteiger partial charge in [0.15, 0.2) is 0 Å². The Balaban J connectivity index is 0. The van der Waals surface area contributed by atoms with Gasteiger partial charge in [0.05, 0.1) is 0 Å². The summed E-state index contributed by atoms with van der Waals surface area (Å²) >= 11 is 0. The minimum Gasteiger partial charge on any atom is -0.317 e. The lowest BCUT2D eigenvalue weighted by Crippen LogP contribution is -2.43. The summed E-state index contributed by atoms with van der Waals surface area (Å²) in [4.78, 5) is 2.71. The molecule has 1 fully saturated rings. The van der Waals surface area contributed by atoms with Gasteiger partial charge < -0.3 is 10.2 Å². The summed E-state index contributed by atoms with van der Waals surface area (Å²) in [5.74, 6) is 0. The van der Waals surface area contributed by atoms with E-state index in [1.165, 1.54) is 58.3 Å². The summed E-state index contributed by atoms with van der Waals surface area (Å²) in [6, 6.07) is 0.864. The first-order valence-electron chi connectivity index (χ1n) is 8.33. The van der Waals surface area contributed by atoms with Gasteiger partial charge in [0.1, 0.15) is 0 Å². The van der Waals surface area contributed by atoms with E-state index in [0.29, 0.717) is 0 Å². The summed E-state index contributed by atoms with van der Waals surface area (Å²) in [5.41, 5.74) is 0. The standard InChI is InChI=1S/C12H26N2.2C2H6/c1-3-5-11-14(10-4-2)12-6-8-13-9-7-12;2*1-2/h12-13H,3-11H2,1-2H3;2*1-2H3. The van der Waals surface area contributed by atoms with Crippen molar-refractivity contribution in [2.45, 2.75) is 79.7 Å². The lowest BCUT2D eigenvalue weighted by Gasteiger charge is -2.34. The number of piperidine rings is 1. The second-order valence-electron chi connectivity index (χ2n) is 4.37. The summed E-state index contributed by atoms with van der Waals surface area (Å²) in [5, 5.41) is 3.44. The normalized spacial score (nSPS) is 15.5. The van der Waals surface area contributed by atoms with E-state index in [0.717, 1.165) is 6.04 Å². The molecule has 18 heavy (non-hydrogen) atoms. The van der Waals surface area contributed by atoms with Crippen LogP contribution in [0.3, 0.4) is 0 Å². The molecule has 2 nitrogen and oxygen atoms in total. The molecule has 1 aliphatic heterocycles. The molecule has 1 saturated heterocycles. The second kappa shape index (κ2) is 16.9. The highest BCUT2D eigenvalue weighted by Gasteiger charge is 2.19. The van der Waals surface area contributed by atoms with Gasteiger partial charge in [-0.3, -0.25) is 0 Å². The van der Waals surface area contributed by atoms with Crippen molar-refractivity contribution in [1.82, 2.24) is 10.2 Å². The Morgan fingerprint density at radius 1 is 0.889 bits per heavy atom. The first-order chi connectivity index (χ1) is 8.88. The minimum absolute atomic E-state index is 0.864. The zero-order valence-corrected chi connectivity index (χ0v) is 13.9. The zero-order valence-electron chi connectivity index (χ0n) is 13.9. The summed E-state index contributed by atoms with van der Waals surface area (Å²) in [6.07, 6.45) is 6.69. The highest BCUT2D eigenvalue weighted by atomic mass is 15.2. The minimum atomic E-state index is 0.864. The van der Waals surface area contributed by atoms with Crippen molar-refractivity contribution in [3.63, 3.8) is 0 Å². The van der Waals surface area contributed by atoms with E-state index in [1.54, 1.807) is 0 Å².